The van der Waals surface area contributed by atoms with Crippen LogP contribution in [0, 0.1) is 0 Å². The van der Waals surface area contributed by atoms with Crippen LogP contribution in [-0.4, -0.2) is 68.2 Å². The molecule has 3 aromatic rings. The summed E-state index contributed by atoms with van der Waals surface area (Å²) in [7, 11) is 2.79. The van der Waals surface area contributed by atoms with E-state index < -0.39 is 30.6 Å². The Labute approximate surface area is 180 Å². The van der Waals surface area contributed by atoms with Crippen molar-refractivity contribution in [3.8, 4) is 28.9 Å². The molecular formula is C18H21F2N7O5. The van der Waals surface area contributed by atoms with Crippen LogP contribution in [0.25, 0.3) is 16.9 Å². The monoisotopic (exact) mass is 453 g/mol. The van der Waals surface area contributed by atoms with E-state index in [4.69, 9.17) is 24.7 Å². The second kappa shape index (κ2) is 8.72. The number of alkyl halides is 2. The molecule has 0 aromatic carbocycles. The Bertz CT molecular complexity index is 1120. The minimum atomic E-state index is -3.36. The molecule has 3 aromatic heterocycles. The summed E-state index contributed by atoms with van der Waals surface area (Å²) in [6.45, 7) is 1.62. The van der Waals surface area contributed by atoms with Gasteiger partial charge < -0.3 is 24.7 Å². The Kier molecular flexibility index (Phi) is 6.23. The summed E-state index contributed by atoms with van der Waals surface area (Å²) in [5, 5.41) is 8.21. The third kappa shape index (κ3) is 5.25. The Morgan fingerprint density at radius 2 is 1.97 bits per heavy atom. The van der Waals surface area contributed by atoms with E-state index in [0.717, 1.165) is 4.63 Å². The highest BCUT2D eigenvalue weighted by Crippen LogP contribution is 2.33. The van der Waals surface area contributed by atoms with Crippen molar-refractivity contribution in [2.75, 3.05) is 20.8 Å². The minimum absolute atomic E-state index is 0.0151. The fourth-order valence-corrected chi connectivity index (χ4v) is 2.97. The van der Waals surface area contributed by atoms with Gasteiger partial charge in [-0.05, 0) is 13.8 Å². The summed E-state index contributed by atoms with van der Waals surface area (Å²) < 4.78 is 50.5. The number of carbonyl (C=O) groups is 1. The van der Waals surface area contributed by atoms with E-state index >= 15 is 0 Å². The zero-order valence-electron chi connectivity index (χ0n) is 17.7. The van der Waals surface area contributed by atoms with Crippen LogP contribution < -0.4 is 19.9 Å². The molecule has 0 aliphatic carbocycles. The van der Waals surface area contributed by atoms with E-state index in [-0.39, 0.29) is 29.0 Å². The summed E-state index contributed by atoms with van der Waals surface area (Å²) in [5.74, 6) is -3.23. The van der Waals surface area contributed by atoms with E-state index in [9.17, 15) is 13.6 Å². The molecule has 0 unspecified atom stereocenters. The highest BCUT2D eigenvalue weighted by atomic mass is 19.3. The minimum Gasteiger partial charge on any atom is -0.483 e. The average Bonchev–Trinajstić information content (AvgIpc) is 3.18. The number of fused-ring (bicyclic) bond motifs is 1. The van der Waals surface area contributed by atoms with Gasteiger partial charge in [-0.25, -0.2) is 23.5 Å². The molecule has 2 N–H and O–H groups in total. The number of hydrogen-bond acceptors (Lipinski definition) is 10. The molecule has 0 fully saturated rings. The summed E-state index contributed by atoms with van der Waals surface area (Å²) in [6, 6.07) is 1.46. The number of amides is 1. The van der Waals surface area contributed by atoms with Crippen LogP contribution in [0.3, 0.4) is 0 Å². The van der Waals surface area contributed by atoms with Crippen LogP contribution in [0.1, 0.15) is 20.3 Å². The lowest BCUT2D eigenvalue weighted by molar-refractivity contribution is -0.0983. The standard InChI is InChI=1S/C18H21F2N7O5/c1-17(2,32-15(21)28)7-18(19,20)8-31-12-5-11(26-27-13(12)23-9-24-27)10-6-22-16(30-4)25-14(10)29-3/h5-6,9H,7-8H2,1-4H3,(H2,21,28). The van der Waals surface area contributed by atoms with Gasteiger partial charge in [0.15, 0.2) is 12.4 Å². The second-order valence-corrected chi connectivity index (χ2v) is 7.25. The maximum absolute atomic E-state index is 14.5. The SMILES string of the molecule is COc1ncc(-c2cc(OCC(F)(F)CC(C)(C)OC(N)=O)c3ncnn3n2)c(OC)n1. The Hall–Kier alpha value is -3.84. The molecule has 0 radical (unpaired) electrons. The van der Waals surface area contributed by atoms with Gasteiger partial charge in [0.25, 0.3) is 5.92 Å². The largest absolute Gasteiger partial charge is 0.483 e. The average molecular weight is 453 g/mol. The number of primary amides is 1. The molecule has 0 bridgehead atoms. The number of carbonyl (C=O) groups excluding carboxylic acids is 1. The lowest BCUT2D eigenvalue weighted by atomic mass is 10.0. The van der Waals surface area contributed by atoms with E-state index in [1.54, 1.807) is 0 Å². The highest BCUT2D eigenvalue weighted by molar-refractivity contribution is 5.68. The number of halogens is 2. The van der Waals surface area contributed by atoms with Crippen molar-refractivity contribution in [2.24, 2.45) is 5.73 Å². The molecule has 0 spiro atoms. The first kappa shape index (κ1) is 22.8. The maximum atomic E-state index is 14.5. The van der Waals surface area contributed by atoms with Crippen molar-refractivity contribution >= 4 is 11.7 Å². The van der Waals surface area contributed by atoms with Gasteiger partial charge >= 0.3 is 12.1 Å². The molecule has 32 heavy (non-hydrogen) atoms. The zero-order valence-corrected chi connectivity index (χ0v) is 17.7. The van der Waals surface area contributed by atoms with Crippen LogP contribution >= 0.6 is 0 Å². The fraction of sp³-hybridized carbons (Fsp3) is 0.444. The van der Waals surface area contributed by atoms with E-state index in [2.05, 4.69) is 25.1 Å². The predicted molar refractivity (Wildman–Crippen MR) is 105 cm³/mol. The Morgan fingerprint density at radius 1 is 1.22 bits per heavy atom. The van der Waals surface area contributed by atoms with Crippen LogP contribution in [0.2, 0.25) is 0 Å². The molecule has 172 valence electrons. The van der Waals surface area contributed by atoms with Crippen molar-refractivity contribution < 1.29 is 32.5 Å². The first-order valence-corrected chi connectivity index (χ1v) is 9.19. The number of methoxy groups -OCH3 is 2. The summed E-state index contributed by atoms with van der Waals surface area (Å²) in [5.41, 5.74) is 4.13. The van der Waals surface area contributed by atoms with E-state index in [1.807, 2.05) is 0 Å². The topological polar surface area (TPSA) is 149 Å². The molecule has 3 rings (SSSR count). The molecule has 12 nitrogen and oxygen atoms in total. The number of nitrogens with two attached hydrogens (primary N) is 1. The number of rotatable bonds is 9. The van der Waals surface area contributed by atoms with Gasteiger partial charge in [-0.2, -0.15) is 4.98 Å². The molecule has 0 saturated carbocycles. The van der Waals surface area contributed by atoms with Gasteiger partial charge in [-0.15, -0.1) is 14.8 Å². The van der Waals surface area contributed by atoms with E-state index in [1.165, 1.54) is 46.7 Å². The van der Waals surface area contributed by atoms with Crippen LogP contribution in [0.15, 0.2) is 18.6 Å². The second-order valence-electron chi connectivity index (χ2n) is 7.25. The summed E-state index contributed by atoms with van der Waals surface area (Å²) in [6.07, 6.45) is 0.635. The first-order valence-electron chi connectivity index (χ1n) is 9.19. The smallest absolute Gasteiger partial charge is 0.405 e. The molecule has 1 amide bonds. The zero-order chi connectivity index (χ0) is 23.5. The van der Waals surface area contributed by atoms with Crippen molar-refractivity contribution in [1.29, 1.82) is 0 Å². The van der Waals surface area contributed by atoms with Crippen molar-refractivity contribution in [1.82, 2.24) is 29.8 Å². The lowest BCUT2D eigenvalue weighted by Crippen LogP contribution is -2.40. The predicted octanol–water partition coefficient (Wildman–Crippen LogP) is 1.88. The van der Waals surface area contributed by atoms with Crippen LogP contribution in [0.4, 0.5) is 13.6 Å². The number of hydrogen-bond donors (Lipinski definition) is 1. The van der Waals surface area contributed by atoms with Crippen LogP contribution in [0.5, 0.6) is 17.6 Å². The number of aromatic nitrogens is 6. The molecular weight excluding hydrogens is 432 g/mol. The number of ether oxygens (including phenoxy) is 4. The van der Waals surface area contributed by atoms with Gasteiger partial charge in [-0.1, -0.05) is 0 Å². The fourth-order valence-electron chi connectivity index (χ4n) is 2.97. The van der Waals surface area contributed by atoms with Gasteiger partial charge in [0.1, 0.15) is 17.6 Å². The Balaban J connectivity index is 1.90. The maximum Gasteiger partial charge on any atom is 0.405 e. The van der Waals surface area contributed by atoms with Crippen molar-refractivity contribution in [3.05, 3.63) is 18.6 Å². The summed E-state index contributed by atoms with van der Waals surface area (Å²) in [4.78, 5) is 23.0. The molecule has 14 heteroatoms. The van der Waals surface area contributed by atoms with Gasteiger partial charge in [-0.3, -0.25) is 0 Å². The quantitative estimate of drug-likeness (QED) is 0.509. The molecule has 0 aliphatic rings. The van der Waals surface area contributed by atoms with Crippen molar-refractivity contribution in [3.63, 3.8) is 0 Å². The third-order valence-electron chi connectivity index (χ3n) is 4.10. The lowest BCUT2D eigenvalue weighted by Gasteiger charge is -2.28. The highest BCUT2D eigenvalue weighted by Gasteiger charge is 2.40. The van der Waals surface area contributed by atoms with Gasteiger partial charge in [0.05, 0.1) is 26.2 Å². The third-order valence-corrected chi connectivity index (χ3v) is 4.10. The Morgan fingerprint density at radius 3 is 2.62 bits per heavy atom. The summed E-state index contributed by atoms with van der Waals surface area (Å²) >= 11 is 0. The van der Waals surface area contributed by atoms with Crippen LogP contribution in [-0.2, 0) is 4.74 Å². The molecule has 0 atom stereocenters. The molecule has 3 heterocycles. The molecule has 0 aliphatic heterocycles. The van der Waals surface area contributed by atoms with Gasteiger partial charge in [0, 0.05) is 12.3 Å². The number of nitrogens with zero attached hydrogens (tertiary/aromatic N) is 6. The van der Waals surface area contributed by atoms with Crippen molar-refractivity contribution in [2.45, 2.75) is 31.8 Å². The molecule has 0 saturated heterocycles. The van der Waals surface area contributed by atoms with Gasteiger partial charge in [0.2, 0.25) is 11.5 Å². The first-order chi connectivity index (χ1) is 15.0. The van der Waals surface area contributed by atoms with E-state index in [0.29, 0.717) is 5.56 Å². The normalized spacial score (nSPS) is 11.9.